The highest BCUT2D eigenvalue weighted by molar-refractivity contribution is 6.34. The molecule has 9 nitrogen and oxygen atoms in total. The van der Waals surface area contributed by atoms with E-state index < -0.39 is 11.7 Å². The number of hydrogen-bond donors (Lipinski definition) is 3. The van der Waals surface area contributed by atoms with Gasteiger partial charge in [0.2, 0.25) is 5.91 Å². The van der Waals surface area contributed by atoms with E-state index in [9.17, 15) is 14.4 Å². The minimum atomic E-state index is -0.572. The van der Waals surface area contributed by atoms with E-state index in [2.05, 4.69) is 21.0 Å². The van der Waals surface area contributed by atoms with Gasteiger partial charge < -0.3 is 20.7 Å². The predicted molar refractivity (Wildman–Crippen MR) is 152 cm³/mol. The fourth-order valence-corrected chi connectivity index (χ4v) is 4.78. The maximum absolute atomic E-state index is 13.1. The molecule has 1 fully saturated rings. The Kier molecular flexibility index (Phi) is 8.60. The van der Waals surface area contributed by atoms with Gasteiger partial charge in [0.25, 0.3) is 5.91 Å². The van der Waals surface area contributed by atoms with Crippen LogP contribution in [0, 0.1) is 5.92 Å². The first-order valence-corrected chi connectivity index (χ1v) is 13.4. The van der Waals surface area contributed by atoms with E-state index in [4.69, 9.17) is 16.3 Å². The van der Waals surface area contributed by atoms with Gasteiger partial charge in [-0.15, -0.1) is 0 Å². The number of anilines is 2. The number of carbonyl (C=O) groups is 3. The summed E-state index contributed by atoms with van der Waals surface area (Å²) in [5.41, 5.74) is 1.97. The summed E-state index contributed by atoms with van der Waals surface area (Å²) >= 11 is 6.12. The predicted octanol–water partition coefficient (Wildman–Crippen LogP) is 6.01. The molecule has 4 rings (SSSR count). The second kappa shape index (κ2) is 11.9. The third-order valence-corrected chi connectivity index (χ3v) is 6.78. The number of alkyl carbamates (subject to hydrolysis) is 1. The van der Waals surface area contributed by atoms with Gasteiger partial charge in [-0.05, 0) is 64.3 Å². The quantitative estimate of drug-likeness (QED) is 0.347. The van der Waals surface area contributed by atoms with Crippen molar-refractivity contribution < 1.29 is 19.1 Å². The summed E-state index contributed by atoms with van der Waals surface area (Å²) in [6.45, 7) is 5.46. The molecule has 1 aromatic heterocycles. The number of halogens is 1. The number of nitrogens with zero attached hydrogens (tertiary/aromatic N) is 2. The van der Waals surface area contributed by atoms with Gasteiger partial charge in [0.1, 0.15) is 11.4 Å². The van der Waals surface area contributed by atoms with Gasteiger partial charge >= 0.3 is 6.09 Å². The van der Waals surface area contributed by atoms with Gasteiger partial charge in [-0.1, -0.05) is 42.3 Å². The molecule has 10 heteroatoms. The molecule has 39 heavy (non-hydrogen) atoms. The summed E-state index contributed by atoms with van der Waals surface area (Å²) in [4.78, 5) is 37.7. The molecule has 2 aromatic carbocycles. The lowest BCUT2D eigenvalue weighted by Gasteiger charge is -2.30. The van der Waals surface area contributed by atoms with Crippen molar-refractivity contribution in [3.63, 3.8) is 0 Å². The molecule has 1 saturated carbocycles. The molecular weight excluding hydrogens is 518 g/mol. The fraction of sp³-hybridized carbons (Fsp3) is 0.379. The van der Waals surface area contributed by atoms with Crippen molar-refractivity contribution in [1.29, 1.82) is 0 Å². The number of carbonyl (C=O) groups excluding carboxylic acids is 3. The Morgan fingerprint density at radius 2 is 1.74 bits per heavy atom. The minimum absolute atomic E-state index is 0.0992. The molecule has 1 aliphatic rings. The Labute approximate surface area is 233 Å². The third kappa shape index (κ3) is 7.60. The highest BCUT2D eigenvalue weighted by Gasteiger charge is 2.30. The van der Waals surface area contributed by atoms with Crippen LogP contribution < -0.4 is 16.0 Å². The lowest BCUT2D eigenvalue weighted by atomic mass is 9.85. The second-order valence-corrected chi connectivity index (χ2v) is 11.2. The highest BCUT2D eigenvalue weighted by Crippen LogP contribution is 2.28. The highest BCUT2D eigenvalue weighted by atomic mass is 35.5. The van der Waals surface area contributed by atoms with Gasteiger partial charge in [-0.25, -0.2) is 4.79 Å². The van der Waals surface area contributed by atoms with Crippen molar-refractivity contribution in [1.82, 2.24) is 15.1 Å². The summed E-state index contributed by atoms with van der Waals surface area (Å²) in [6, 6.07) is 15.9. The van der Waals surface area contributed by atoms with Crippen molar-refractivity contribution in [3.05, 3.63) is 65.2 Å². The van der Waals surface area contributed by atoms with Crippen molar-refractivity contribution in [2.75, 3.05) is 10.6 Å². The Bertz CT molecular complexity index is 1350. The molecule has 0 radical (unpaired) electrons. The molecule has 0 spiro atoms. The monoisotopic (exact) mass is 551 g/mol. The Hall–Kier alpha value is -3.85. The van der Waals surface area contributed by atoms with E-state index in [1.54, 1.807) is 48.1 Å². The van der Waals surface area contributed by atoms with E-state index in [-0.39, 0.29) is 23.8 Å². The average molecular weight is 552 g/mol. The topological polar surface area (TPSA) is 114 Å². The number of hydrogen-bond acceptors (Lipinski definition) is 5. The van der Waals surface area contributed by atoms with E-state index >= 15 is 0 Å². The van der Waals surface area contributed by atoms with Crippen LogP contribution in [0.15, 0.2) is 54.6 Å². The maximum atomic E-state index is 13.1. The van der Waals surface area contributed by atoms with Crippen LogP contribution in [0.4, 0.5) is 16.3 Å². The molecule has 0 bridgehead atoms. The Morgan fingerprint density at radius 3 is 2.44 bits per heavy atom. The van der Waals surface area contributed by atoms with Gasteiger partial charge in [-0.2, -0.15) is 5.10 Å². The molecule has 2 atom stereocenters. The van der Waals surface area contributed by atoms with Crippen LogP contribution in [0.25, 0.3) is 11.3 Å². The lowest BCUT2D eigenvalue weighted by molar-refractivity contribution is -0.121. The first kappa shape index (κ1) is 28.2. The van der Waals surface area contributed by atoms with Crippen LogP contribution in [0.3, 0.4) is 0 Å². The zero-order valence-corrected chi connectivity index (χ0v) is 23.3. The van der Waals surface area contributed by atoms with Crippen LogP contribution in [-0.4, -0.2) is 39.3 Å². The van der Waals surface area contributed by atoms with Crippen LogP contribution in [0.2, 0.25) is 5.02 Å². The molecule has 3 N–H and O–H groups in total. The zero-order chi connectivity index (χ0) is 28.2. The Balaban J connectivity index is 1.35. The van der Waals surface area contributed by atoms with E-state index in [0.717, 1.165) is 24.8 Å². The van der Waals surface area contributed by atoms with Crippen LogP contribution >= 0.6 is 11.6 Å². The molecule has 1 aliphatic carbocycles. The first-order valence-electron chi connectivity index (χ1n) is 13.0. The molecular formula is C29H34ClN5O4. The van der Waals surface area contributed by atoms with Gasteiger partial charge in [0, 0.05) is 36.3 Å². The molecule has 206 valence electrons. The van der Waals surface area contributed by atoms with Crippen molar-refractivity contribution in [3.8, 4) is 11.3 Å². The number of ether oxygens (including phenoxy) is 1. The van der Waals surface area contributed by atoms with E-state index in [0.29, 0.717) is 34.2 Å². The van der Waals surface area contributed by atoms with Gasteiger partial charge in [0.15, 0.2) is 0 Å². The fourth-order valence-electron chi connectivity index (χ4n) is 4.55. The van der Waals surface area contributed by atoms with Crippen molar-refractivity contribution in [2.45, 2.75) is 58.1 Å². The summed E-state index contributed by atoms with van der Waals surface area (Å²) < 4.78 is 6.98. The van der Waals surface area contributed by atoms with Crippen molar-refractivity contribution >= 4 is 41.0 Å². The van der Waals surface area contributed by atoms with Gasteiger partial charge in [0.05, 0.1) is 16.3 Å². The normalized spacial score (nSPS) is 17.3. The number of aryl methyl sites for hydroxylation is 1. The smallest absolute Gasteiger partial charge is 0.407 e. The number of aromatic nitrogens is 2. The third-order valence-electron chi connectivity index (χ3n) is 6.45. The average Bonchev–Trinajstić information content (AvgIpc) is 3.23. The zero-order valence-electron chi connectivity index (χ0n) is 22.6. The maximum Gasteiger partial charge on any atom is 0.407 e. The first-order chi connectivity index (χ1) is 18.5. The summed E-state index contributed by atoms with van der Waals surface area (Å²) in [6.07, 6.45) is 2.50. The van der Waals surface area contributed by atoms with Crippen LogP contribution in [0.1, 0.15) is 56.8 Å². The van der Waals surface area contributed by atoms with E-state index in [1.165, 1.54) is 0 Å². The van der Waals surface area contributed by atoms with Crippen molar-refractivity contribution in [2.24, 2.45) is 13.0 Å². The summed E-state index contributed by atoms with van der Waals surface area (Å²) in [5, 5.41) is 13.7. The van der Waals surface area contributed by atoms with Crippen LogP contribution in [-0.2, 0) is 16.6 Å². The minimum Gasteiger partial charge on any atom is -0.444 e. The Morgan fingerprint density at radius 1 is 1.03 bits per heavy atom. The largest absolute Gasteiger partial charge is 0.444 e. The number of rotatable bonds is 6. The number of benzene rings is 2. The second-order valence-electron chi connectivity index (χ2n) is 10.7. The molecule has 0 aliphatic heterocycles. The summed E-state index contributed by atoms with van der Waals surface area (Å²) in [7, 11) is 1.77. The van der Waals surface area contributed by atoms with Crippen LogP contribution in [0.5, 0.6) is 0 Å². The molecule has 1 heterocycles. The molecule has 0 saturated heterocycles. The lowest BCUT2D eigenvalue weighted by Crippen LogP contribution is -2.43. The number of nitrogens with one attached hydrogen (secondary N) is 3. The SMILES string of the molecule is Cn1nc(-c2ccc(NC(=O)c3ccccc3Cl)cc2)cc1NC(=O)[C@H]1CCC[C@@H](NC(=O)OC(C)(C)C)C1. The molecule has 3 aromatic rings. The molecule has 3 amide bonds. The van der Waals surface area contributed by atoms with Gasteiger partial charge in [-0.3, -0.25) is 14.3 Å². The standard InChI is InChI=1S/C29H34ClN5O4/c1-29(2,3)39-28(38)32-21-9-7-8-19(16-21)26(36)33-25-17-24(34-35(25)4)18-12-14-20(15-13-18)31-27(37)22-10-5-6-11-23(22)30/h5-6,10-15,17,19,21H,7-9,16H2,1-4H3,(H,31,37)(H,32,38)(H,33,36)/t19-,21+/m0/s1. The molecule has 0 unspecified atom stereocenters. The van der Waals surface area contributed by atoms with E-state index in [1.807, 2.05) is 39.0 Å². The summed E-state index contributed by atoms with van der Waals surface area (Å²) in [5.74, 6) is -0.0355. The number of amides is 3.